The predicted molar refractivity (Wildman–Crippen MR) is 94.5 cm³/mol. The molecule has 1 aromatic heterocycles. The molecule has 1 aliphatic heterocycles. The van der Waals surface area contributed by atoms with Gasteiger partial charge in [0.25, 0.3) is 0 Å². The highest BCUT2D eigenvalue weighted by Gasteiger charge is 2.37. The van der Waals surface area contributed by atoms with Gasteiger partial charge in [-0.2, -0.15) is 13.2 Å². The molecule has 0 radical (unpaired) electrons. The molecule has 2 aliphatic rings. The standard InChI is InChI=1S/C19H24F3N5O/c20-19(21,22)14-7-5-13(6-8-14)17(26-11-9-16(28)10-12-26)18-23-24-25-27(18)15-3-1-2-4-15/h5-8,15-17,28H,1-4,9-12H2/p+1/t17-/m1/s1. The summed E-state index contributed by atoms with van der Waals surface area (Å²) in [7, 11) is 0. The van der Waals surface area contributed by atoms with Gasteiger partial charge in [0.2, 0.25) is 5.82 Å². The van der Waals surface area contributed by atoms with Gasteiger partial charge in [-0.15, -0.1) is 5.10 Å². The molecule has 2 aromatic rings. The number of halogens is 3. The topological polar surface area (TPSA) is 68.3 Å². The summed E-state index contributed by atoms with van der Waals surface area (Å²) in [5.41, 5.74) is 0.114. The summed E-state index contributed by atoms with van der Waals surface area (Å²) in [6, 6.07) is 5.34. The number of piperidine rings is 1. The smallest absolute Gasteiger partial charge is 0.393 e. The van der Waals surface area contributed by atoms with Crippen molar-refractivity contribution in [2.24, 2.45) is 0 Å². The van der Waals surface area contributed by atoms with Gasteiger partial charge in [0.05, 0.1) is 30.8 Å². The van der Waals surface area contributed by atoms with Gasteiger partial charge in [0.1, 0.15) is 0 Å². The number of benzene rings is 1. The first-order valence-electron chi connectivity index (χ1n) is 9.91. The highest BCUT2D eigenvalue weighted by atomic mass is 19.4. The fraction of sp³-hybridized carbons (Fsp3) is 0.632. The number of quaternary nitrogens is 1. The van der Waals surface area contributed by atoms with E-state index in [2.05, 4.69) is 15.5 Å². The Bertz CT molecular complexity index is 778. The number of aliphatic hydroxyl groups is 1. The average Bonchev–Trinajstić information content (AvgIpc) is 3.35. The lowest BCUT2D eigenvalue weighted by Gasteiger charge is -2.33. The van der Waals surface area contributed by atoms with Crippen LogP contribution in [-0.4, -0.2) is 44.5 Å². The van der Waals surface area contributed by atoms with Crippen molar-refractivity contribution in [2.45, 2.75) is 62.9 Å². The molecule has 2 heterocycles. The van der Waals surface area contributed by atoms with E-state index in [1.165, 1.54) is 4.90 Å². The summed E-state index contributed by atoms with van der Waals surface area (Å²) in [6.45, 7) is 1.45. The SMILES string of the molecule is OC1CC[NH+]([C@H](c2ccc(C(F)(F)F)cc2)c2nnnn2C2CCCC2)CC1. The van der Waals surface area contributed by atoms with E-state index in [0.29, 0.717) is 18.7 Å². The summed E-state index contributed by atoms with van der Waals surface area (Å²) in [5.74, 6) is 0.707. The molecule has 6 nitrogen and oxygen atoms in total. The van der Waals surface area contributed by atoms with Crippen LogP contribution in [0, 0.1) is 0 Å². The van der Waals surface area contributed by atoms with E-state index in [4.69, 9.17) is 0 Å². The normalized spacial score (nSPS) is 25.1. The maximum atomic E-state index is 13.0. The monoisotopic (exact) mass is 396 g/mol. The average molecular weight is 396 g/mol. The van der Waals surface area contributed by atoms with Crippen LogP contribution in [-0.2, 0) is 6.18 Å². The van der Waals surface area contributed by atoms with E-state index in [0.717, 1.165) is 56.5 Å². The molecule has 0 spiro atoms. The summed E-state index contributed by atoms with van der Waals surface area (Å²) >= 11 is 0. The zero-order chi connectivity index (χ0) is 19.7. The Morgan fingerprint density at radius 2 is 1.68 bits per heavy atom. The van der Waals surface area contributed by atoms with Crippen LogP contribution >= 0.6 is 0 Å². The minimum atomic E-state index is -4.36. The van der Waals surface area contributed by atoms with Crippen LogP contribution in [0.4, 0.5) is 13.2 Å². The molecule has 4 rings (SSSR count). The molecule has 1 aromatic carbocycles. The van der Waals surface area contributed by atoms with Crippen molar-refractivity contribution in [2.75, 3.05) is 13.1 Å². The first-order chi connectivity index (χ1) is 13.4. The van der Waals surface area contributed by atoms with Crippen molar-refractivity contribution < 1.29 is 23.2 Å². The van der Waals surface area contributed by atoms with Gasteiger partial charge < -0.3 is 10.0 Å². The van der Waals surface area contributed by atoms with E-state index in [-0.39, 0.29) is 18.2 Å². The van der Waals surface area contributed by atoms with Gasteiger partial charge in [0.15, 0.2) is 6.04 Å². The Morgan fingerprint density at radius 1 is 1.04 bits per heavy atom. The molecule has 0 unspecified atom stereocenters. The van der Waals surface area contributed by atoms with E-state index in [1.807, 2.05) is 4.68 Å². The van der Waals surface area contributed by atoms with Crippen LogP contribution in [0.1, 0.15) is 67.6 Å². The van der Waals surface area contributed by atoms with Crippen LogP contribution in [0.25, 0.3) is 0 Å². The Hall–Kier alpha value is -2.00. The molecule has 28 heavy (non-hydrogen) atoms. The lowest BCUT2D eigenvalue weighted by atomic mass is 9.98. The summed E-state index contributed by atoms with van der Waals surface area (Å²) in [5, 5.41) is 22.3. The second-order valence-electron chi connectivity index (χ2n) is 7.86. The second-order valence-corrected chi connectivity index (χ2v) is 7.86. The van der Waals surface area contributed by atoms with Crippen LogP contribution in [0.3, 0.4) is 0 Å². The second kappa shape index (κ2) is 7.79. The van der Waals surface area contributed by atoms with Crippen molar-refractivity contribution in [3.05, 3.63) is 41.2 Å². The van der Waals surface area contributed by atoms with Gasteiger partial charge in [0, 0.05) is 18.4 Å². The van der Waals surface area contributed by atoms with Crippen LogP contribution in [0.2, 0.25) is 0 Å². The highest BCUT2D eigenvalue weighted by Crippen LogP contribution is 2.33. The third-order valence-electron chi connectivity index (χ3n) is 6.02. The number of nitrogens with one attached hydrogen (secondary N) is 1. The molecule has 1 atom stereocenters. The number of aliphatic hydroxyl groups excluding tert-OH is 1. The van der Waals surface area contributed by atoms with Crippen LogP contribution in [0.5, 0.6) is 0 Å². The molecule has 0 bridgehead atoms. The van der Waals surface area contributed by atoms with E-state index in [9.17, 15) is 18.3 Å². The number of tetrazole rings is 1. The third kappa shape index (κ3) is 3.91. The third-order valence-corrected chi connectivity index (χ3v) is 6.02. The molecule has 152 valence electrons. The number of likely N-dealkylation sites (tertiary alicyclic amines) is 1. The molecular formula is C19H25F3N5O+. The molecule has 1 saturated heterocycles. The fourth-order valence-corrected chi connectivity index (χ4v) is 4.49. The fourth-order valence-electron chi connectivity index (χ4n) is 4.49. The number of nitrogens with zero attached hydrogens (tertiary/aromatic N) is 4. The van der Waals surface area contributed by atoms with Gasteiger partial charge >= 0.3 is 6.18 Å². The van der Waals surface area contributed by atoms with E-state index < -0.39 is 11.7 Å². The molecule has 2 N–H and O–H groups in total. The number of hydrogen-bond donors (Lipinski definition) is 2. The first-order valence-corrected chi connectivity index (χ1v) is 9.91. The molecule has 2 fully saturated rings. The summed E-state index contributed by atoms with van der Waals surface area (Å²) in [4.78, 5) is 1.18. The van der Waals surface area contributed by atoms with Crippen molar-refractivity contribution in [3.8, 4) is 0 Å². The Labute approximate surface area is 161 Å². The Balaban J connectivity index is 1.70. The van der Waals surface area contributed by atoms with Gasteiger partial charge in [-0.25, -0.2) is 4.68 Å². The first kappa shape index (κ1) is 19.3. The van der Waals surface area contributed by atoms with Gasteiger partial charge in [-0.1, -0.05) is 25.0 Å². The van der Waals surface area contributed by atoms with Crippen LogP contribution in [0.15, 0.2) is 24.3 Å². The Kier molecular flexibility index (Phi) is 5.37. The zero-order valence-corrected chi connectivity index (χ0v) is 15.6. The largest absolute Gasteiger partial charge is 0.416 e. The maximum Gasteiger partial charge on any atom is 0.416 e. The predicted octanol–water partition coefficient (Wildman–Crippen LogP) is 1.94. The summed E-state index contributed by atoms with van der Waals surface area (Å²) < 4.78 is 40.9. The molecule has 9 heteroatoms. The van der Waals surface area contributed by atoms with Crippen molar-refractivity contribution in [3.63, 3.8) is 0 Å². The van der Waals surface area contributed by atoms with Crippen LogP contribution < -0.4 is 4.90 Å². The number of alkyl halides is 3. The molecule has 1 saturated carbocycles. The van der Waals surface area contributed by atoms with Crippen molar-refractivity contribution in [1.29, 1.82) is 0 Å². The lowest BCUT2D eigenvalue weighted by Crippen LogP contribution is -3.13. The van der Waals surface area contributed by atoms with Gasteiger partial charge in [-0.3, -0.25) is 0 Å². The van der Waals surface area contributed by atoms with E-state index >= 15 is 0 Å². The lowest BCUT2D eigenvalue weighted by molar-refractivity contribution is -0.932. The molecular weight excluding hydrogens is 371 g/mol. The number of hydrogen-bond acceptors (Lipinski definition) is 4. The van der Waals surface area contributed by atoms with Gasteiger partial charge in [-0.05, 0) is 35.4 Å². The molecule has 0 amide bonds. The van der Waals surface area contributed by atoms with Crippen molar-refractivity contribution >= 4 is 0 Å². The number of rotatable bonds is 4. The number of aromatic nitrogens is 4. The van der Waals surface area contributed by atoms with E-state index in [1.54, 1.807) is 12.1 Å². The van der Waals surface area contributed by atoms with Crippen molar-refractivity contribution in [1.82, 2.24) is 20.2 Å². The Morgan fingerprint density at radius 3 is 2.29 bits per heavy atom. The minimum absolute atomic E-state index is 0.245. The summed E-state index contributed by atoms with van der Waals surface area (Å²) in [6.07, 6.45) is 0.964. The zero-order valence-electron chi connectivity index (χ0n) is 15.6. The minimum Gasteiger partial charge on any atom is -0.393 e. The quantitative estimate of drug-likeness (QED) is 0.829. The molecule has 1 aliphatic carbocycles. The highest BCUT2D eigenvalue weighted by molar-refractivity contribution is 5.28. The maximum absolute atomic E-state index is 13.0.